The van der Waals surface area contributed by atoms with Crippen LogP contribution in [0, 0.1) is 5.92 Å². The minimum absolute atomic E-state index is 0.0119. The molecule has 0 atom stereocenters. The number of rotatable bonds is 6. The first kappa shape index (κ1) is 20.1. The van der Waals surface area contributed by atoms with Crippen molar-refractivity contribution in [1.29, 1.82) is 0 Å². The molecule has 3 heterocycles. The first-order valence-corrected chi connectivity index (χ1v) is 10.7. The zero-order valence-electron chi connectivity index (χ0n) is 17.6. The van der Waals surface area contributed by atoms with Crippen molar-refractivity contribution in [2.75, 3.05) is 24.8 Å². The number of para-hydroxylation sites is 1. The van der Waals surface area contributed by atoms with Crippen LogP contribution in [-0.4, -0.2) is 35.8 Å². The van der Waals surface area contributed by atoms with Gasteiger partial charge in [0.2, 0.25) is 18.6 Å². The number of aromatic nitrogens is 2. The van der Waals surface area contributed by atoms with Gasteiger partial charge in [-0.3, -0.25) is 4.79 Å². The first-order valence-electron chi connectivity index (χ1n) is 10.7. The van der Waals surface area contributed by atoms with Gasteiger partial charge in [-0.05, 0) is 42.7 Å². The van der Waals surface area contributed by atoms with Gasteiger partial charge in [-0.25, -0.2) is 9.97 Å². The predicted octanol–water partition coefficient (Wildman–Crippen LogP) is 3.53. The molecule has 0 spiro atoms. The highest BCUT2D eigenvalue weighted by Crippen LogP contribution is 2.32. The number of nitrogens with one attached hydrogen (secondary N) is 1. The van der Waals surface area contributed by atoms with Crippen LogP contribution >= 0.6 is 0 Å². The van der Waals surface area contributed by atoms with E-state index in [1.807, 2.05) is 54.6 Å². The molecule has 2 aromatic carbocycles. The van der Waals surface area contributed by atoms with Crippen LogP contribution in [0.4, 0.5) is 5.82 Å². The lowest BCUT2D eigenvalue weighted by atomic mass is 9.96. The molecule has 8 nitrogen and oxygen atoms in total. The van der Waals surface area contributed by atoms with Gasteiger partial charge in [-0.2, -0.15) is 0 Å². The van der Waals surface area contributed by atoms with Crippen molar-refractivity contribution in [2.24, 2.45) is 5.92 Å². The number of hydrogen-bond donors (Lipinski definition) is 1. The van der Waals surface area contributed by atoms with Crippen molar-refractivity contribution in [3.8, 4) is 23.1 Å². The van der Waals surface area contributed by atoms with Crippen molar-refractivity contribution >= 4 is 11.7 Å². The number of hydrogen-bond acceptors (Lipinski definition) is 7. The Balaban J connectivity index is 1.13. The fourth-order valence-corrected chi connectivity index (χ4v) is 3.92. The monoisotopic (exact) mass is 432 g/mol. The fraction of sp³-hybridized carbons (Fsp3) is 0.292. The lowest BCUT2D eigenvalue weighted by molar-refractivity contribution is -0.125. The molecule has 1 aromatic heterocycles. The van der Waals surface area contributed by atoms with Crippen LogP contribution in [0.15, 0.2) is 60.9 Å². The number of anilines is 1. The second kappa shape index (κ2) is 9.13. The number of amides is 1. The van der Waals surface area contributed by atoms with Gasteiger partial charge in [-0.1, -0.05) is 24.3 Å². The van der Waals surface area contributed by atoms with Crippen LogP contribution < -0.4 is 24.4 Å². The van der Waals surface area contributed by atoms with Gasteiger partial charge >= 0.3 is 0 Å². The molecule has 0 aliphatic carbocycles. The largest absolute Gasteiger partial charge is 0.454 e. The highest BCUT2D eigenvalue weighted by atomic mass is 16.7. The second-order valence-electron chi connectivity index (χ2n) is 7.80. The fourth-order valence-electron chi connectivity index (χ4n) is 3.92. The van der Waals surface area contributed by atoms with Crippen molar-refractivity contribution in [3.63, 3.8) is 0 Å². The van der Waals surface area contributed by atoms with Crippen LogP contribution in [-0.2, 0) is 11.3 Å². The van der Waals surface area contributed by atoms with Gasteiger partial charge in [0.05, 0.1) is 0 Å². The topological polar surface area (TPSA) is 85.8 Å². The van der Waals surface area contributed by atoms with Crippen molar-refractivity contribution in [2.45, 2.75) is 19.4 Å². The van der Waals surface area contributed by atoms with Gasteiger partial charge in [0.25, 0.3) is 0 Å². The van der Waals surface area contributed by atoms with Gasteiger partial charge in [0.1, 0.15) is 17.9 Å². The summed E-state index contributed by atoms with van der Waals surface area (Å²) >= 11 is 0. The van der Waals surface area contributed by atoms with E-state index in [0.717, 1.165) is 54.6 Å². The third-order valence-corrected chi connectivity index (χ3v) is 5.69. The summed E-state index contributed by atoms with van der Waals surface area (Å²) in [6.07, 6.45) is 3.05. The van der Waals surface area contributed by atoms with Crippen molar-refractivity contribution in [3.05, 3.63) is 66.5 Å². The van der Waals surface area contributed by atoms with E-state index < -0.39 is 0 Å². The SMILES string of the molecule is O=C(NCc1ccc2c(c1)OCO2)C1CCN(c2cc(Oc3ccccc3)ncn2)CC1. The average Bonchev–Trinajstić information content (AvgIpc) is 3.31. The van der Waals surface area contributed by atoms with Crippen LogP contribution in [0.25, 0.3) is 0 Å². The zero-order valence-corrected chi connectivity index (χ0v) is 17.6. The second-order valence-corrected chi connectivity index (χ2v) is 7.80. The Bertz CT molecular complexity index is 1080. The Kier molecular flexibility index (Phi) is 5.74. The van der Waals surface area contributed by atoms with E-state index in [-0.39, 0.29) is 18.6 Å². The lowest BCUT2D eigenvalue weighted by Gasteiger charge is -2.32. The highest BCUT2D eigenvalue weighted by molar-refractivity contribution is 5.79. The number of ether oxygens (including phenoxy) is 3. The molecule has 0 unspecified atom stereocenters. The molecular formula is C24H24N4O4. The van der Waals surface area contributed by atoms with E-state index in [2.05, 4.69) is 20.2 Å². The molecule has 8 heteroatoms. The summed E-state index contributed by atoms with van der Waals surface area (Å²) in [4.78, 5) is 23.4. The number of nitrogens with zero attached hydrogens (tertiary/aromatic N) is 3. The Morgan fingerprint density at radius 2 is 1.84 bits per heavy atom. The van der Waals surface area contributed by atoms with Crippen molar-refractivity contribution < 1.29 is 19.0 Å². The molecule has 0 radical (unpaired) electrons. The van der Waals surface area contributed by atoms with E-state index in [1.165, 1.54) is 6.33 Å². The average molecular weight is 432 g/mol. The molecular weight excluding hydrogens is 408 g/mol. The summed E-state index contributed by atoms with van der Waals surface area (Å²) in [5, 5.41) is 3.05. The van der Waals surface area contributed by atoms with E-state index in [4.69, 9.17) is 14.2 Å². The zero-order chi connectivity index (χ0) is 21.8. The van der Waals surface area contributed by atoms with Gasteiger partial charge in [-0.15, -0.1) is 0 Å². The number of benzene rings is 2. The molecule has 1 N–H and O–H groups in total. The van der Waals surface area contributed by atoms with Crippen molar-refractivity contribution in [1.82, 2.24) is 15.3 Å². The molecule has 164 valence electrons. The summed E-state index contributed by atoms with van der Waals surface area (Å²) < 4.78 is 16.5. The summed E-state index contributed by atoms with van der Waals surface area (Å²) in [6.45, 7) is 2.23. The molecule has 32 heavy (non-hydrogen) atoms. The molecule has 0 saturated carbocycles. The Labute approximate surface area is 186 Å². The van der Waals surface area contributed by atoms with E-state index in [0.29, 0.717) is 12.4 Å². The van der Waals surface area contributed by atoms with Crippen LogP contribution in [0.5, 0.6) is 23.1 Å². The normalized spacial score (nSPS) is 15.4. The molecule has 1 fully saturated rings. The summed E-state index contributed by atoms with van der Waals surface area (Å²) in [7, 11) is 0. The van der Waals surface area contributed by atoms with E-state index in [9.17, 15) is 4.79 Å². The molecule has 2 aliphatic rings. The predicted molar refractivity (Wildman–Crippen MR) is 118 cm³/mol. The number of fused-ring (bicyclic) bond motifs is 1. The number of carbonyl (C=O) groups is 1. The minimum atomic E-state index is -0.0119. The third-order valence-electron chi connectivity index (χ3n) is 5.69. The van der Waals surface area contributed by atoms with Gasteiger partial charge in [0, 0.05) is 31.6 Å². The summed E-state index contributed by atoms with van der Waals surface area (Å²) in [6, 6.07) is 17.1. The Morgan fingerprint density at radius 3 is 2.69 bits per heavy atom. The standard InChI is InChI=1S/C24H24N4O4/c29-24(25-14-17-6-7-20-21(12-17)31-16-30-20)18-8-10-28(11-9-18)22-13-23(27-15-26-22)32-19-4-2-1-3-5-19/h1-7,12-13,15,18H,8-11,14,16H2,(H,25,29). The summed E-state index contributed by atoms with van der Waals surface area (Å²) in [5.74, 6) is 3.59. The van der Waals surface area contributed by atoms with E-state index >= 15 is 0 Å². The van der Waals surface area contributed by atoms with Gasteiger partial charge < -0.3 is 24.4 Å². The van der Waals surface area contributed by atoms with Crippen LogP contribution in [0.3, 0.4) is 0 Å². The number of carbonyl (C=O) groups excluding carboxylic acids is 1. The maximum Gasteiger partial charge on any atom is 0.231 e. The molecule has 3 aromatic rings. The molecule has 5 rings (SSSR count). The molecule has 2 aliphatic heterocycles. The smallest absolute Gasteiger partial charge is 0.231 e. The lowest BCUT2D eigenvalue weighted by Crippen LogP contribution is -2.40. The maximum absolute atomic E-state index is 12.7. The number of piperidine rings is 1. The quantitative estimate of drug-likeness (QED) is 0.638. The first-order chi connectivity index (χ1) is 15.7. The van der Waals surface area contributed by atoms with E-state index in [1.54, 1.807) is 0 Å². The summed E-state index contributed by atoms with van der Waals surface area (Å²) in [5.41, 5.74) is 0.993. The third kappa shape index (κ3) is 4.59. The Hall–Kier alpha value is -3.81. The van der Waals surface area contributed by atoms with Crippen LogP contribution in [0.2, 0.25) is 0 Å². The van der Waals surface area contributed by atoms with Gasteiger partial charge in [0.15, 0.2) is 11.5 Å². The Morgan fingerprint density at radius 1 is 1.03 bits per heavy atom. The minimum Gasteiger partial charge on any atom is -0.454 e. The molecule has 1 saturated heterocycles. The highest BCUT2D eigenvalue weighted by Gasteiger charge is 2.26. The maximum atomic E-state index is 12.7. The molecule has 1 amide bonds. The van der Waals surface area contributed by atoms with Crippen LogP contribution in [0.1, 0.15) is 18.4 Å². The molecule has 0 bridgehead atoms.